The van der Waals surface area contributed by atoms with Crippen molar-refractivity contribution in [1.82, 2.24) is 10.2 Å². The van der Waals surface area contributed by atoms with E-state index in [4.69, 9.17) is 4.84 Å². The number of hydrogen-bond donors (Lipinski definition) is 1. The van der Waals surface area contributed by atoms with Gasteiger partial charge in [0.1, 0.15) is 0 Å². The van der Waals surface area contributed by atoms with Crippen molar-refractivity contribution in [3.8, 4) is 0 Å². The Morgan fingerprint density at radius 3 is 2.56 bits per heavy atom. The molecule has 1 aliphatic heterocycles. The van der Waals surface area contributed by atoms with Crippen LogP contribution in [0.5, 0.6) is 0 Å². The minimum absolute atomic E-state index is 0.0822. The van der Waals surface area contributed by atoms with Crippen molar-refractivity contribution in [2.24, 2.45) is 5.16 Å². The number of hydrogen-bond acceptors (Lipinski definition) is 3. The second-order valence-corrected chi connectivity index (χ2v) is 7.31. The standard InChI is InChI=1S/C22H27N3O2/c1-16(2)23-22(26)25(14-18-7-5-4-6-8-18)15-20-13-21(24-27-20)19-11-9-17(3)10-12-19/h4-12,16,20H,13-15H2,1-3H3,(H,23,26)/t20-/m1/s1. The second kappa shape index (κ2) is 8.71. The number of nitrogens with zero attached hydrogens (tertiary/aromatic N) is 2. The Hall–Kier alpha value is -2.82. The number of carbonyl (C=O) groups is 1. The van der Waals surface area contributed by atoms with Crippen LogP contribution in [0.15, 0.2) is 59.8 Å². The third kappa shape index (κ3) is 5.33. The molecule has 1 heterocycles. The largest absolute Gasteiger partial charge is 0.390 e. The van der Waals surface area contributed by atoms with Gasteiger partial charge < -0.3 is 15.1 Å². The maximum Gasteiger partial charge on any atom is 0.318 e. The molecule has 5 heteroatoms. The molecule has 142 valence electrons. The average Bonchev–Trinajstić information content (AvgIpc) is 3.10. The van der Waals surface area contributed by atoms with Crippen molar-refractivity contribution in [2.45, 2.75) is 45.9 Å². The molecule has 0 bridgehead atoms. The number of benzene rings is 2. The Balaban J connectivity index is 1.65. The number of rotatable bonds is 6. The van der Waals surface area contributed by atoms with E-state index in [1.807, 2.05) is 44.2 Å². The van der Waals surface area contributed by atoms with Gasteiger partial charge in [0, 0.05) is 19.0 Å². The fourth-order valence-corrected chi connectivity index (χ4v) is 3.05. The number of nitrogens with one attached hydrogen (secondary N) is 1. The average molecular weight is 365 g/mol. The molecule has 0 unspecified atom stereocenters. The van der Waals surface area contributed by atoms with Crippen LogP contribution in [-0.4, -0.2) is 35.3 Å². The van der Waals surface area contributed by atoms with Crippen molar-refractivity contribution >= 4 is 11.7 Å². The van der Waals surface area contributed by atoms with Gasteiger partial charge in [-0.25, -0.2) is 4.79 Å². The highest BCUT2D eigenvalue weighted by atomic mass is 16.6. The summed E-state index contributed by atoms with van der Waals surface area (Å²) in [7, 11) is 0. The summed E-state index contributed by atoms with van der Waals surface area (Å²) in [6.07, 6.45) is 0.562. The van der Waals surface area contributed by atoms with E-state index in [9.17, 15) is 4.79 Å². The van der Waals surface area contributed by atoms with Crippen LogP contribution in [0.2, 0.25) is 0 Å². The lowest BCUT2D eigenvalue weighted by Gasteiger charge is -2.26. The summed E-state index contributed by atoms with van der Waals surface area (Å²) < 4.78 is 0. The minimum Gasteiger partial charge on any atom is -0.390 e. The quantitative estimate of drug-likeness (QED) is 0.838. The summed E-state index contributed by atoms with van der Waals surface area (Å²) in [6.45, 7) is 7.02. The Kier molecular flexibility index (Phi) is 6.12. The highest BCUT2D eigenvalue weighted by Gasteiger charge is 2.27. The Labute approximate surface area is 161 Å². The van der Waals surface area contributed by atoms with Crippen LogP contribution >= 0.6 is 0 Å². The molecule has 2 amide bonds. The summed E-state index contributed by atoms with van der Waals surface area (Å²) >= 11 is 0. The van der Waals surface area contributed by atoms with Crippen molar-refractivity contribution in [3.05, 3.63) is 71.3 Å². The minimum atomic E-state index is -0.136. The first-order valence-corrected chi connectivity index (χ1v) is 9.40. The molecule has 0 saturated heterocycles. The number of aryl methyl sites for hydroxylation is 1. The van der Waals surface area contributed by atoms with Crippen LogP contribution in [0.25, 0.3) is 0 Å². The zero-order valence-electron chi connectivity index (χ0n) is 16.2. The zero-order chi connectivity index (χ0) is 19.2. The number of amides is 2. The molecule has 0 radical (unpaired) electrons. The molecule has 1 aliphatic rings. The topological polar surface area (TPSA) is 53.9 Å². The highest BCUT2D eigenvalue weighted by molar-refractivity contribution is 6.01. The van der Waals surface area contributed by atoms with E-state index >= 15 is 0 Å². The van der Waals surface area contributed by atoms with Gasteiger partial charge in [0.25, 0.3) is 0 Å². The highest BCUT2D eigenvalue weighted by Crippen LogP contribution is 2.19. The molecule has 5 nitrogen and oxygen atoms in total. The Morgan fingerprint density at radius 1 is 1.19 bits per heavy atom. The SMILES string of the molecule is Cc1ccc(C2=NO[C@@H](CN(Cc3ccccc3)C(=O)NC(C)C)C2)cc1. The van der Waals surface area contributed by atoms with E-state index in [0.29, 0.717) is 19.5 Å². The molecular formula is C22H27N3O2. The van der Waals surface area contributed by atoms with Crippen LogP contribution < -0.4 is 5.32 Å². The molecule has 0 fully saturated rings. The van der Waals surface area contributed by atoms with Gasteiger partial charge in [-0.15, -0.1) is 0 Å². The van der Waals surface area contributed by atoms with Crippen LogP contribution in [-0.2, 0) is 11.4 Å². The molecule has 1 N–H and O–H groups in total. The molecule has 27 heavy (non-hydrogen) atoms. The fourth-order valence-electron chi connectivity index (χ4n) is 3.05. The van der Waals surface area contributed by atoms with Crippen molar-refractivity contribution < 1.29 is 9.63 Å². The van der Waals surface area contributed by atoms with E-state index in [0.717, 1.165) is 16.8 Å². The van der Waals surface area contributed by atoms with E-state index < -0.39 is 0 Å². The maximum absolute atomic E-state index is 12.7. The third-order valence-electron chi connectivity index (χ3n) is 4.46. The molecule has 0 aromatic heterocycles. The molecule has 0 spiro atoms. The van der Waals surface area contributed by atoms with E-state index in [1.54, 1.807) is 4.90 Å². The fraction of sp³-hybridized carbons (Fsp3) is 0.364. The number of urea groups is 1. The van der Waals surface area contributed by atoms with Gasteiger partial charge in [0.2, 0.25) is 0 Å². The van der Waals surface area contributed by atoms with Crippen LogP contribution in [0.3, 0.4) is 0 Å². The monoisotopic (exact) mass is 365 g/mol. The Morgan fingerprint density at radius 2 is 1.89 bits per heavy atom. The first-order valence-electron chi connectivity index (χ1n) is 9.40. The van der Waals surface area contributed by atoms with Crippen LogP contribution in [0.1, 0.15) is 37.0 Å². The first kappa shape index (κ1) is 19.0. The number of oxime groups is 1. The normalized spacial score (nSPS) is 16.0. The molecule has 1 atom stereocenters. The van der Waals surface area contributed by atoms with Gasteiger partial charge >= 0.3 is 6.03 Å². The van der Waals surface area contributed by atoms with Crippen molar-refractivity contribution in [1.29, 1.82) is 0 Å². The van der Waals surface area contributed by atoms with Gasteiger partial charge in [0.05, 0.1) is 12.3 Å². The van der Waals surface area contributed by atoms with Crippen molar-refractivity contribution in [3.63, 3.8) is 0 Å². The summed E-state index contributed by atoms with van der Waals surface area (Å²) in [5.41, 5.74) is 4.32. The van der Waals surface area contributed by atoms with E-state index in [2.05, 4.69) is 41.7 Å². The van der Waals surface area contributed by atoms with Gasteiger partial charge in [-0.3, -0.25) is 0 Å². The van der Waals surface area contributed by atoms with Crippen LogP contribution in [0, 0.1) is 6.92 Å². The maximum atomic E-state index is 12.7. The summed E-state index contributed by atoms with van der Waals surface area (Å²) in [5, 5.41) is 7.24. The van der Waals surface area contributed by atoms with Gasteiger partial charge in [-0.2, -0.15) is 0 Å². The van der Waals surface area contributed by atoms with E-state index in [-0.39, 0.29) is 18.2 Å². The van der Waals surface area contributed by atoms with Crippen LogP contribution in [0.4, 0.5) is 4.79 Å². The zero-order valence-corrected chi connectivity index (χ0v) is 16.2. The summed E-state index contributed by atoms with van der Waals surface area (Å²) in [5.74, 6) is 0. The molecular weight excluding hydrogens is 338 g/mol. The predicted molar refractivity (Wildman–Crippen MR) is 108 cm³/mol. The molecule has 0 saturated carbocycles. The summed E-state index contributed by atoms with van der Waals surface area (Å²) in [4.78, 5) is 20.1. The lowest BCUT2D eigenvalue weighted by atomic mass is 10.0. The van der Waals surface area contributed by atoms with Gasteiger partial charge in [-0.1, -0.05) is 65.3 Å². The third-order valence-corrected chi connectivity index (χ3v) is 4.46. The lowest BCUT2D eigenvalue weighted by molar-refractivity contribution is 0.0586. The van der Waals surface area contributed by atoms with E-state index in [1.165, 1.54) is 5.56 Å². The van der Waals surface area contributed by atoms with Gasteiger partial charge in [-0.05, 0) is 31.9 Å². The number of carbonyl (C=O) groups excluding carboxylic acids is 1. The summed E-state index contributed by atoms with van der Waals surface area (Å²) in [6, 6.07) is 18.3. The van der Waals surface area contributed by atoms with Gasteiger partial charge in [0.15, 0.2) is 6.10 Å². The molecule has 2 aromatic rings. The second-order valence-electron chi connectivity index (χ2n) is 7.31. The molecule has 3 rings (SSSR count). The molecule has 2 aromatic carbocycles. The van der Waals surface area contributed by atoms with Crippen molar-refractivity contribution in [2.75, 3.05) is 6.54 Å². The Bertz CT molecular complexity index is 785. The first-order chi connectivity index (χ1) is 13.0. The molecule has 0 aliphatic carbocycles. The predicted octanol–water partition coefficient (Wildman–Crippen LogP) is 4.11. The lowest BCUT2D eigenvalue weighted by Crippen LogP contribution is -2.45. The smallest absolute Gasteiger partial charge is 0.318 e.